The first-order valence-electron chi connectivity index (χ1n) is 13.4. The second-order valence-corrected chi connectivity index (χ2v) is 10.3. The number of hydrogen-bond acceptors (Lipinski definition) is 1. The summed E-state index contributed by atoms with van der Waals surface area (Å²) < 4.78 is 40.8. The van der Waals surface area contributed by atoms with Crippen LogP contribution in [0.25, 0.3) is 10.9 Å². The number of aromatic nitrogens is 1. The zero-order valence-corrected chi connectivity index (χ0v) is 21.6. The molecule has 1 saturated heterocycles. The van der Waals surface area contributed by atoms with Crippen molar-refractivity contribution in [3.8, 4) is 0 Å². The third-order valence-electron chi connectivity index (χ3n) is 7.92. The molecular weight excluding hydrogens is 485 g/mol. The molecule has 1 amide bonds. The van der Waals surface area contributed by atoms with Crippen LogP contribution >= 0.6 is 0 Å². The molecule has 0 spiro atoms. The van der Waals surface area contributed by atoms with Crippen LogP contribution in [0.5, 0.6) is 0 Å². The van der Waals surface area contributed by atoms with Gasteiger partial charge in [-0.2, -0.15) is 13.2 Å². The van der Waals surface area contributed by atoms with Gasteiger partial charge in [0.2, 0.25) is 5.91 Å². The summed E-state index contributed by atoms with van der Waals surface area (Å²) >= 11 is 0. The van der Waals surface area contributed by atoms with E-state index in [4.69, 9.17) is 0 Å². The molecule has 4 aromatic rings. The van der Waals surface area contributed by atoms with Crippen LogP contribution in [0.3, 0.4) is 0 Å². The molecule has 1 aliphatic rings. The minimum atomic E-state index is -4.44. The molecule has 3 nitrogen and oxygen atoms in total. The number of fused-ring (bicyclic) bond motifs is 1. The quantitative estimate of drug-likeness (QED) is 0.267. The molecule has 0 unspecified atom stereocenters. The Bertz CT molecular complexity index is 1380. The number of nitrogens with zero attached hydrogens (tertiary/aromatic N) is 1. The summed E-state index contributed by atoms with van der Waals surface area (Å²) in [5.41, 5.74) is 4.12. The summed E-state index contributed by atoms with van der Waals surface area (Å²) in [6.45, 7) is 3.43. The van der Waals surface area contributed by atoms with Crippen LogP contribution < -0.4 is 0 Å². The monoisotopic (exact) mass is 518 g/mol. The van der Waals surface area contributed by atoms with Gasteiger partial charge < -0.3 is 9.88 Å². The molecule has 0 bridgehead atoms. The van der Waals surface area contributed by atoms with Gasteiger partial charge in [-0.1, -0.05) is 73.7 Å². The van der Waals surface area contributed by atoms with Crippen molar-refractivity contribution in [2.75, 3.05) is 13.1 Å². The number of piperidine rings is 1. The lowest BCUT2D eigenvalue weighted by Gasteiger charge is -2.33. The maximum absolute atomic E-state index is 13.6. The number of rotatable bonds is 7. The maximum atomic E-state index is 13.6. The van der Waals surface area contributed by atoms with Gasteiger partial charge in [-0.25, -0.2) is 0 Å². The van der Waals surface area contributed by atoms with E-state index in [9.17, 15) is 18.0 Å². The van der Waals surface area contributed by atoms with Crippen molar-refractivity contribution in [1.82, 2.24) is 9.88 Å². The van der Waals surface area contributed by atoms with Crippen molar-refractivity contribution in [3.63, 3.8) is 0 Å². The Morgan fingerprint density at radius 1 is 1.00 bits per heavy atom. The lowest BCUT2D eigenvalue weighted by atomic mass is 9.85. The minimum absolute atomic E-state index is 0.00781. The van der Waals surface area contributed by atoms with E-state index in [1.807, 2.05) is 35.4 Å². The van der Waals surface area contributed by atoms with E-state index in [0.29, 0.717) is 24.6 Å². The number of H-pyrrole nitrogens is 1. The predicted octanol–water partition coefficient (Wildman–Crippen LogP) is 7.75. The van der Waals surface area contributed by atoms with Crippen LogP contribution in [-0.4, -0.2) is 28.9 Å². The molecule has 1 fully saturated rings. The van der Waals surface area contributed by atoms with E-state index < -0.39 is 17.7 Å². The molecule has 38 heavy (non-hydrogen) atoms. The molecule has 0 aliphatic carbocycles. The average molecular weight is 519 g/mol. The third-order valence-corrected chi connectivity index (χ3v) is 7.92. The van der Waals surface area contributed by atoms with Crippen molar-refractivity contribution >= 4 is 16.8 Å². The highest BCUT2D eigenvalue weighted by molar-refractivity contribution is 5.88. The van der Waals surface area contributed by atoms with Crippen LogP contribution in [0.4, 0.5) is 13.2 Å². The zero-order chi connectivity index (χ0) is 26.7. The second-order valence-electron chi connectivity index (χ2n) is 10.3. The number of halogens is 3. The molecule has 5 rings (SSSR count). The normalized spacial score (nSPS) is 15.6. The fourth-order valence-electron chi connectivity index (χ4n) is 5.80. The summed E-state index contributed by atoms with van der Waals surface area (Å²) in [5, 5.41) is 0.959. The summed E-state index contributed by atoms with van der Waals surface area (Å²) in [4.78, 5) is 18.8. The highest BCUT2D eigenvalue weighted by Gasteiger charge is 2.33. The smallest absolute Gasteiger partial charge is 0.361 e. The van der Waals surface area contributed by atoms with Crippen molar-refractivity contribution in [2.24, 2.45) is 5.92 Å². The fraction of sp³-hybridized carbons (Fsp3) is 0.344. The standard InChI is InChI=1S/C32H33F3N2O/c1-2-24-10-7-13-27-29(21-36-31(24)27)28(25-11-6-12-26(19-25)32(33,34)35)20-30(38)37-16-14-23(15-17-37)18-22-8-4-3-5-9-22/h3-13,19,21,23,28,36H,2,14-18,20H2,1H3/t28-/m1/s1. The lowest BCUT2D eigenvalue weighted by Crippen LogP contribution is -2.39. The summed E-state index contributed by atoms with van der Waals surface area (Å²) in [7, 11) is 0. The summed E-state index contributed by atoms with van der Waals surface area (Å²) in [6, 6.07) is 21.9. The molecule has 1 aliphatic heterocycles. The molecule has 1 N–H and O–H groups in total. The second kappa shape index (κ2) is 11.1. The number of aromatic amines is 1. The molecule has 2 heterocycles. The van der Waals surface area contributed by atoms with Gasteiger partial charge in [0.25, 0.3) is 0 Å². The van der Waals surface area contributed by atoms with Crippen LogP contribution in [0.15, 0.2) is 79.0 Å². The van der Waals surface area contributed by atoms with Gasteiger partial charge in [-0.05, 0) is 59.9 Å². The first-order valence-corrected chi connectivity index (χ1v) is 13.4. The van der Waals surface area contributed by atoms with E-state index in [2.05, 4.69) is 36.2 Å². The topological polar surface area (TPSA) is 36.1 Å². The molecule has 1 aromatic heterocycles. The van der Waals surface area contributed by atoms with E-state index in [0.717, 1.165) is 53.8 Å². The molecule has 6 heteroatoms. The molecule has 3 aromatic carbocycles. The number of aryl methyl sites for hydroxylation is 1. The number of alkyl halides is 3. The van der Waals surface area contributed by atoms with Crippen molar-refractivity contribution in [2.45, 2.75) is 51.1 Å². The van der Waals surface area contributed by atoms with Gasteiger partial charge in [0.1, 0.15) is 0 Å². The highest BCUT2D eigenvalue weighted by Crippen LogP contribution is 2.38. The molecular formula is C32H33F3N2O. The van der Waals surface area contributed by atoms with E-state index in [-0.39, 0.29) is 12.3 Å². The zero-order valence-electron chi connectivity index (χ0n) is 21.6. The Morgan fingerprint density at radius 3 is 2.45 bits per heavy atom. The van der Waals surface area contributed by atoms with Gasteiger partial charge in [0.05, 0.1) is 5.56 Å². The predicted molar refractivity (Wildman–Crippen MR) is 145 cm³/mol. The Balaban J connectivity index is 1.39. The number of carbonyl (C=O) groups is 1. The Kier molecular flexibility index (Phi) is 7.59. The lowest BCUT2D eigenvalue weighted by molar-refractivity contribution is -0.137. The van der Waals surface area contributed by atoms with E-state index >= 15 is 0 Å². The Hall–Kier alpha value is -3.54. The SMILES string of the molecule is CCc1cccc2c([C@H](CC(=O)N3CCC(Cc4ccccc4)CC3)c3cccc(C(F)(F)F)c3)c[nH]c12. The maximum Gasteiger partial charge on any atom is 0.416 e. The van der Waals surface area contributed by atoms with Gasteiger partial charge in [-0.15, -0.1) is 0 Å². The Labute approximate surface area is 221 Å². The molecule has 198 valence electrons. The van der Waals surface area contributed by atoms with Crippen molar-refractivity contribution < 1.29 is 18.0 Å². The number of likely N-dealkylation sites (tertiary alicyclic amines) is 1. The molecule has 0 radical (unpaired) electrons. The van der Waals surface area contributed by atoms with Crippen LogP contribution in [0.2, 0.25) is 0 Å². The van der Waals surface area contributed by atoms with E-state index in [1.54, 1.807) is 6.07 Å². The van der Waals surface area contributed by atoms with Gasteiger partial charge in [0, 0.05) is 42.5 Å². The highest BCUT2D eigenvalue weighted by atomic mass is 19.4. The molecule has 1 atom stereocenters. The van der Waals surface area contributed by atoms with Gasteiger partial charge in [-0.3, -0.25) is 4.79 Å². The largest absolute Gasteiger partial charge is 0.416 e. The Morgan fingerprint density at radius 2 is 1.74 bits per heavy atom. The van der Waals surface area contributed by atoms with Crippen LogP contribution in [-0.2, 0) is 23.8 Å². The van der Waals surface area contributed by atoms with E-state index in [1.165, 1.54) is 17.7 Å². The first kappa shape index (κ1) is 26.1. The third kappa shape index (κ3) is 5.64. The summed E-state index contributed by atoms with van der Waals surface area (Å²) in [6.07, 6.45) is 1.26. The minimum Gasteiger partial charge on any atom is -0.361 e. The average Bonchev–Trinajstić information content (AvgIpc) is 3.36. The van der Waals surface area contributed by atoms with Gasteiger partial charge in [0.15, 0.2) is 0 Å². The number of nitrogens with one attached hydrogen (secondary N) is 1. The number of amides is 1. The van der Waals surface area contributed by atoms with Crippen LogP contribution in [0.1, 0.15) is 59.9 Å². The molecule has 0 saturated carbocycles. The van der Waals surface area contributed by atoms with Gasteiger partial charge >= 0.3 is 6.18 Å². The van der Waals surface area contributed by atoms with Crippen molar-refractivity contribution in [3.05, 3.63) is 107 Å². The number of hydrogen-bond donors (Lipinski definition) is 1. The van der Waals surface area contributed by atoms with Crippen LogP contribution in [0, 0.1) is 5.92 Å². The fourth-order valence-corrected chi connectivity index (χ4v) is 5.80. The summed E-state index contributed by atoms with van der Waals surface area (Å²) in [5.74, 6) is 0.0427. The number of carbonyl (C=O) groups excluding carboxylic acids is 1. The number of para-hydroxylation sites is 1. The van der Waals surface area contributed by atoms with Crippen molar-refractivity contribution in [1.29, 1.82) is 0 Å². The number of benzene rings is 3. The first-order chi connectivity index (χ1) is 18.3.